The molecule has 102 valence electrons. The van der Waals surface area contributed by atoms with E-state index < -0.39 is 0 Å². The fraction of sp³-hybridized carbons (Fsp3) is 0.467. The predicted molar refractivity (Wildman–Crippen MR) is 73.4 cm³/mol. The lowest BCUT2D eigenvalue weighted by atomic mass is 10.1. The van der Waals surface area contributed by atoms with E-state index in [-0.39, 0.29) is 24.2 Å². The van der Waals surface area contributed by atoms with E-state index in [1.807, 2.05) is 26.0 Å². The van der Waals surface area contributed by atoms with Crippen molar-refractivity contribution in [2.75, 3.05) is 18.1 Å². The Bertz CT molecular complexity index is 465. The SMILES string of the molecule is CC(C)C(=O)COc1ccc(N2CCCC2=O)cc1. The normalized spacial score (nSPS) is 15.1. The van der Waals surface area contributed by atoms with Crippen molar-refractivity contribution >= 4 is 17.4 Å². The molecule has 1 aromatic rings. The van der Waals surface area contributed by atoms with Gasteiger partial charge in [-0.15, -0.1) is 0 Å². The van der Waals surface area contributed by atoms with Crippen molar-refractivity contribution in [2.24, 2.45) is 5.92 Å². The fourth-order valence-electron chi connectivity index (χ4n) is 1.96. The van der Waals surface area contributed by atoms with Crippen LogP contribution < -0.4 is 9.64 Å². The number of hydrogen-bond donors (Lipinski definition) is 0. The minimum Gasteiger partial charge on any atom is -0.486 e. The van der Waals surface area contributed by atoms with Crippen LogP contribution in [0.2, 0.25) is 0 Å². The third kappa shape index (κ3) is 3.34. The number of carbonyl (C=O) groups excluding carboxylic acids is 2. The molecule has 0 radical (unpaired) electrons. The topological polar surface area (TPSA) is 46.6 Å². The second kappa shape index (κ2) is 5.87. The summed E-state index contributed by atoms with van der Waals surface area (Å²) < 4.78 is 5.42. The summed E-state index contributed by atoms with van der Waals surface area (Å²) in [5.41, 5.74) is 0.894. The molecule has 2 rings (SSSR count). The van der Waals surface area contributed by atoms with Gasteiger partial charge < -0.3 is 9.64 Å². The Morgan fingerprint density at radius 2 is 2.00 bits per heavy atom. The summed E-state index contributed by atoms with van der Waals surface area (Å²) in [6.07, 6.45) is 1.54. The van der Waals surface area contributed by atoms with E-state index in [9.17, 15) is 9.59 Å². The molecule has 0 saturated carbocycles. The molecule has 1 aliphatic rings. The molecule has 4 heteroatoms. The average molecular weight is 261 g/mol. The molecule has 0 N–H and O–H groups in total. The van der Waals surface area contributed by atoms with Crippen LogP contribution in [0, 0.1) is 5.92 Å². The molecular formula is C15H19NO3. The van der Waals surface area contributed by atoms with Crippen molar-refractivity contribution < 1.29 is 14.3 Å². The van der Waals surface area contributed by atoms with E-state index in [0.29, 0.717) is 12.2 Å². The van der Waals surface area contributed by atoms with Gasteiger partial charge in [0.05, 0.1) is 0 Å². The molecule has 1 saturated heterocycles. The van der Waals surface area contributed by atoms with Crippen LogP contribution in [-0.2, 0) is 9.59 Å². The Morgan fingerprint density at radius 1 is 1.32 bits per heavy atom. The Labute approximate surface area is 113 Å². The molecule has 0 atom stereocenters. The maximum absolute atomic E-state index is 11.6. The molecule has 0 aromatic heterocycles. The smallest absolute Gasteiger partial charge is 0.227 e. The summed E-state index contributed by atoms with van der Waals surface area (Å²) in [6.45, 7) is 4.59. The molecule has 0 aliphatic carbocycles. The lowest BCUT2D eigenvalue weighted by Crippen LogP contribution is -2.23. The first-order valence-corrected chi connectivity index (χ1v) is 6.64. The third-order valence-electron chi connectivity index (χ3n) is 3.25. The van der Waals surface area contributed by atoms with E-state index in [1.54, 1.807) is 17.0 Å². The molecule has 1 fully saturated rings. The van der Waals surface area contributed by atoms with Crippen molar-refractivity contribution in [1.29, 1.82) is 0 Å². The van der Waals surface area contributed by atoms with E-state index in [4.69, 9.17) is 4.74 Å². The first kappa shape index (κ1) is 13.6. The van der Waals surface area contributed by atoms with E-state index in [0.717, 1.165) is 18.7 Å². The summed E-state index contributed by atoms with van der Waals surface area (Å²) in [6, 6.07) is 7.32. The molecule has 19 heavy (non-hydrogen) atoms. The standard InChI is InChI=1S/C15H19NO3/c1-11(2)14(17)10-19-13-7-5-12(6-8-13)16-9-3-4-15(16)18/h5-8,11H,3-4,9-10H2,1-2H3. The number of Topliss-reactive ketones (excluding diaryl/α,β-unsaturated/α-hetero) is 1. The lowest BCUT2D eigenvalue weighted by Gasteiger charge is -2.16. The zero-order chi connectivity index (χ0) is 13.8. The van der Waals surface area contributed by atoms with Crippen molar-refractivity contribution in [3.05, 3.63) is 24.3 Å². The number of hydrogen-bond acceptors (Lipinski definition) is 3. The predicted octanol–water partition coefficient (Wildman–Crippen LogP) is 2.42. The van der Waals surface area contributed by atoms with Gasteiger partial charge in [0, 0.05) is 24.6 Å². The van der Waals surface area contributed by atoms with E-state index >= 15 is 0 Å². The minimum absolute atomic E-state index is 0.0125. The van der Waals surface area contributed by atoms with Crippen molar-refractivity contribution in [3.63, 3.8) is 0 Å². The molecule has 0 unspecified atom stereocenters. The van der Waals surface area contributed by atoms with Crippen LogP contribution >= 0.6 is 0 Å². The van der Waals surface area contributed by atoms with Gasteiger partial charge in [-0.05, 0) is 30.7 Å². The molecule has 1 amide bonds. The Kier molecular flexibility index (Phi) is 4.20. The number of ether oxygens (including phenoxy) is 1. The fourth-order valence-corrected chi connectivity index (χ4v) is 1.96. The highest BCUT2D eigenvalue weighted by atomic mass is 16.5. The number of carbonyl (C=O) groups is 2. The number of anilines is 1. The first-order chi connectivity index (χ1) is 9.08. The minimum atomic E-state index is -0.0125. The molecule has 4 nitrogen and oxygen atoms in total. The summed E-state index contributed by atoms with van der Waals surface area (Å²) in [5, 5.41) is 0. The van der Waals surface area contributed by atoms with Gasteiger partial charge in [0.15, 0.2) is 5.78 Å². The van der Waals surface area contributed by atoms with Gasteiger partial charge in [-0.2, -0.15) is 0 Å². The molecule has 0 bridgehead atoms. The second-order valence-corrected chi connectivity index (χ2v) is 5.05. The maximum atomic E-state index is 11.6. The van der Waals surface area contributed by atoms with Gasteiger partial charge in [-0.25, -0.2) is 0 Å². The highest BCUT2D eigenvalue weighted by molar-refractivity contribution is 5.95. The van der Waals surface area contributed by atoms with Crippen molar-refractivity contribution in [2.45, 2.75) is 26.7 Å². The van der Waals surface area contributed by atoms with Crippen LogP contribution in [0.5, 0.6) is 5.75 Å². The maximum Gasteiger partial charge on any atom is 0.227 e. The summed E-state index contributed by atoms with van der Waals surface area (Å²) in [5.74, 6) is 0.897. The first-order valence-electron chi connectivity index (χ1n) is 6.64. The number of nitrogens with zero attached hydrogens (tertiary/aromatic N) is 1. The van der Waals surface area contributed by atoms with Crippen molar-refractivity contribution in [1.82, 2.24) is 0 Å². The van der Waals surface area contributed by atoms with Crippen LogP contribution in [-0.4, -0.2) is 24.8 Å². The average Bonchev–Trinajstić information content (AvgIpc) is 2.82. The quantitative estimate of drug-likeness (QED) is 0.817. The summed E-state index contributed by atoms with van der Waals surface area (Å²) in [4.78, 5) is 24.8. The Morgan fingerprint density at radius 3 is 2.53 bits per heavy atom. The van der Waals surface area contributed by atoms with Crippen LogP contribution in [0.4, 0.5) is 5.69 Å². The summed E-state index contributed by atoms with van der Waals surface area (Å²) >= 11 is 0. The lowest BCUT2D eigenvalue weighted by molar-refractivity contribution is -0.123. The van der Waals surface area contributed by atoms with Crippen LogP contribution in [0.1, 0.15) is 26.7 Å². The highest BCUT2D eigenvalue weighted by Crippen LogP contribution is 2.23. The molecule has 1 heterocycles. The van der Waals surface area contributed by atoms with Gasteiger partial charge in [-0.1, -0.05) is 13.8 Å². The largest absolute Gasteiger partial charge is 0.486 e. The second-order valence-electron chi connectivity index (χ2n) is 5.05. The van der Waals surface area contributed by atoms with Gasteiger partial charge in [0.1, 0.15) is 12.4 Å². The third-order valence-corrected chi connectivity index (χ3v) is 3.25. The Hall–Kier alpha value is -1.84. The van der Waals surface area contributed by atoms with Gasteiger partial charge in [0.25, 0.3) is 0 Å². The van der Waals surface area contributed by atoms with E-state index in [1.165, 1.54) is 0 Å². The summed E-state index contributed by atoms with van der Waals surface area (Å²) in [7, 11) is 0. The number of benzene rings is 1. The van der Waals surface area contributed by atoms with Crippen molar-refractivity contribution in [3.8, 4) is 5.75 Å². The molecule has 1 aliphatic heterocycles. The number of rotatable bonds is 5. The van der Waals surface area contributed by atoms with Gasteiger partial charge in [-0.3, -0.25) is 9.59 Å². The monoisotopic (exact) mass is 261 g/mol. The van der Waals surface area contributed by atoms with Crippen LogP contribution in [0.15, 0.2) is 24.3 Å². The van der Waals surface area contributed by atoms with Gasteiger partial charge >= 0.3 is 0 Å². The van der Waals surface area contributed by atoms with Crippen LogP contribution in [0.3, 0.4) is 0 Å². The molecular weight excluding hydrogens is 242 g/mol. The van der Waals surface area contributed by atoms with Crippen LogP contribution in [0.25, 0.3) is 0 Å². The van der Waals surface area contributed by atoms with E-state index in [2.05, 4.69) is 0 Å². The number of ketones is 1. The zero-order valence-corrected chi connectivity index (χ0v) is 11.4. The Balaban J connectivity index is 1.95. The van der Waals surface area contributed by atoms with Gasteiger partial charge in [0.2, 0.25) is 5.91 Å². The highest BCUT2D eigenvalue weighted by Gasteiger charge is 2.21. The zero-order valence-electron chi connectivity index (χ0n) is 11.4. The molecule has 0 spiro atoms. The number of amides is 1. The molecule has 1 aromatic carbocycles.